The molecule has 0 fully saturated rings. The second-order valence-corrected chi connectivity index (χ2v) is 7.68. The standard InChI is InChI=1S/C30H34O4/c1-5-10-23-14-16-27(31-7-3)29(19-23)33-21-25-12-9-13-26(18-25)22-34-30-20-24(11-6-2)15-17-28(30)32-8-4/h5-6,9-20H,7-8,21-22H2,1-4H3. The second kappa shape index (κ2) is 13.1. The van der Waals surface area contributed by atoms with E-state index >= 15 is 0 Å². The van der Waals surface area contributed by atoms with Crippen LogP contribution >= 0.6 is 0 Å². The normalized spacial score (nSPS) is 11.2. The molecule has 0 saturated heterocycles. The van der Waals surface area contributed by atoms with Crippen LogP contribution in [0.15, 0.2) is 72.8 Å². The lowest BCUT2D eigenvalue weighted by Crippen LogP contribution is -2.02. The molecule has 0 bridgehead atoms. The molecule has 0 N–H and O–H groups in total. The summed E-state index contributed by atoms with van der Waals surface area (Å²) < 4.78 is 23.8. The van der Waals surface area contributed by atoms with Crippen molar-refractivity contribution in [2.75, 3.05) is 13.2 Å². The number of rotatable bonds is 12. The summed E-state index contributed by atoms with van der Waals surface area (Å²) in [7, 11) is 0. The van der Waals surface area contributed by atoms with Crippen LogP contribution in [0.3, 0.4) is 0 Å². The molecule has 3 aromatic rings. The summed E-state index contributed by atoms with van der Waals surface area (Å²) in [6.07, 6.45) is 8.10. The van der Waals surface area contributed by atoms with Gasteiger partial charge < -0.3 is 18.9 Å². The highest BCUT2D eigenvalue weighted by atomic mass is 16.5. The summed E-state index contributed by atoms with van der Waals surface area (Å²) in [6, 6.07) is 20.2. The Morgan fingerprint density at radius 2 is 1.03 bits per heavy atom. The van der Waals surface area contributed by atoms with Gasteiger partial charge in [0.1, 0.15) is 13.2 Å². The van der Waals surface area contributed by atoms with Crippen molar-refractivity contribution in [1.29, 1.82) is 0 Å². The van der Waals surface area contributed by atoms with E-state index in [9.17, 15) is 0 Å². The first-order valence-electron chi connectivity index (χ1n) is 11.8. The molecule has 0 spiro atoms. The van der Waals surface area contributed by atoms with Crippen LogP contribution in [0.4, 0.5) is 0 Å². The molecule has 4 nitrogen and oxygen atoms in total. The van der Waals surface area contributed by atoms with Gasteiger partial charge in [-0.05, 0) is 80.3 Å². The van der Waals surface area contributed by atoms with Gasteiger partial charge in [-0.2, -0.15) is 0 Å². The summed E-state index contributed by atoms with van der Waals surface area (Å²) in [6.45, 7) is 9.99. The van der Waals surface area contributed by atoms with Crippen molar-refractivity contribution < 1.29 is 18.9 Å². The molecule has 0 amide bonds. The Morgan fingerprint density at radius 1 is 0.559 bits per heavy atom. The lowest BCUT2D eigenvalue weighted by Gasteiger charge is -2.14. The molecule has 34 heavy (non-hydrogen) atoms. The van der Waals surface area contributed by atoms with Gasteiger partial charge >= 0.3 is 0 Å². The number of benzene rings is 3. The van der Waals surface area contributed by atoms with Crippen LogP contribution < -0.4 is 18.9 Å². The van der Waals surface area contributed by atoms with Crippen LogP contribution in [0.2, 0.25) is 0 Å². The van der Waals surface area contributed by atoms with Gasteiger partial charge in [-0.1, -0.05) is 54.6 Å². The van der Waals surface area contributed by atoms with Crippen molar-refractivity contribution in [2.24, 2.45) is 0 Å². The third-order valence-corrected chi connectivity index (χ3v) is 5.03. The van der Waals surface area contributed by atoms with E-state index in [0.717, 1.165) is 45.3 Å². The van der Waals surface area contributed by atoms with E-state index in [-0.39, 0.29) is 0 Å². The fourth-order valence-electron chi connectivity index (χ4n) is 3.55. The van der Waals surface area contributed by atoms with Crippen LogP contribution in [-0.2, 0) is 13.2 Å². The van der Waals surface area contributed by atoms with Crippen molar-refractivity contribution >= 4 is 12.2 Å². The van der Waals surface area contributed by atoms with Gasteiger partial charge in [0.15, 0.2) is 23.0 Å². The molecular weight excluding hydrogens is 424 g/mol. The SMILES string of the molecule is CC=Cc1ccc(OCC)c(OCc2cccc(COc3cc(C=CC)ccc3OCC)c2)c1. The molecule has 0 aliphatic rings. The maximum atomic E-state index is 6.15. The zero-order valence-electron chi connectivity index (χ0n) is 20.5. The first kappa shape index (κ1) is 25.0. The van der Waals surface area contributed by atoms with E-state index in [4.69, 9.17) is 18.9 Å². The van der Waals surface area contributed by atoms with Gasteiger partial charge in [0.2, 0.25) is 0 Å². The lowest BCUT2D eigenvalue weighted by atomic mass is 10.1. The Labute approximate surface area is 203 Å². The molecular formula is C30H34O4. The molecule has 3 rings (SSSR count). The Morgan fingerprint density at radius 3 is 1.44 bits per heavy atom. The minimum Gasteiger partial charge on any atom is -0.490 e. The molecule has 0 aliphatic heterocycles. The van der Waals surface area contributed by atoms with Crippen molar-refractivity contribution in [1.82, 2.24) is 0 Å². The first-order valence-corrected chi connectivity index (χ1v) is 11.8. The Bertz CT molecular complexity index is 1030. The molecule has 3 aromatic carbocycles. The second-order valence-electron chi connectivity index (χ2n) is 7.68. The van der Waals surface area contributed by atoms with Gasteiger partial charge in [-0.15, -0.1) is 0 Å². The third-order valence-electron chi connectivity index (χ3n) is 5.03. The highest BCUT2D eigenvalue weighted by Gasteiger charge is 2.09. The van der Waals surface area contributed by atoms with E-state index < -0.39 is 0 Å². The van der Waals surface area contributed by atoms with Crippen LogP contribution in [0, 0.1) is 0 Å². The summed E-state index contributed by atoms with van der Waals surface area (Å²) >= 11 is 0. The monoisotopic (exact) mass is 458 g/mol. The van der Waals surface area contributed by atoms with Gasteiger partial charge in [0.05, 0.1) is 13.2 Å². The molecule has 0 radical (unpaired) electrons. The van der Waals surface area contributed by atoms with E-state index in [1.54, 1.807) is 0 Å². The quantitative estimate of drug-likeness (QED) is 0.278. The molecule has 0 heterocycles. The van der Waals surface area contributed by atoms with Crippen LogP contribution in [-0.4, -0.2) is 13.2 Å². The molecule has 4 heteroatoms. The predicted octanol–water partition coefficient (Wildman–Crippen LogP) is 7.71. The number of hydrogen-bond acceptors (Lipinski definition) is 4. The molecule has 0 aromatic heterocycles. The largest absolute Gasteiger partial charge is 0.490 e. The van der Waals surface area contributed by atoms with Gasteiger partial charge in [0.25, 0.3) is 0 Å². The zero-order valence-corrected chi connectivity index (χ0v) is 20.5. The fraction of sp³-hybridized carbons (Fsp3) is 0.267. The Balaban J connectivity index is 1.71. The van der Waals surface area contributed by atoms with Gasteiger partial charge in [-0.25, -0.2) is 0 Å². The molecule has 0 unspecified atom stereocenters. The lowest BCUT2D eigenvalue weighted by molar-refractivity contribution is 0.265. The van der Waals surface area contributed by atoms with E-state index in [2.05, 4.69) is 18.2 Å². The number of allylic oxidation sites excluding steroid dienone is 2. The maximum absolute atomic E-state index is 6.15. The van der Waals surface area contributed by atoms with Crippen molar-refractivity contribution in [2.45, 2.75) is 40.9 Å². The average Bonchev–Trinajstić information content (AvgIpc) is 2.85. The molecule has 178 valence electrons. The smallest absolute Gasteiger partial charge is 0.162 e. The summed E-state index contributed by atoms with van der Waals surface area (Å²) in [5.74, 6) is 2.97. The summed E-state index contributed by atoms with van der Waals surface area (Å²) in [4.78, 5) is 0. The van der Waals surface area contributed by atoms with Crippen molar-refractivity contribution in [3.63, 3.8) is 0 Å². The van der Waals surface area contributed by atoms with Gasteiger partial charge in [-0.3, -0.25) is 0 Å². The average molecular weight is 459 g/mol. The fourth-order valence-corrected chi connectivity index (χ4v) is 3.55. The van der Waals surface area contributed by atoms with E-state index in [1.165, 1.54) is 0 Å². The maximum Gasteiger partial charge on any atom is 0.162 e. The predicted molar refractivity (Wildman–Crippen MR) is 140 cm³/mol. The molecule has 0 aliphatic carbocycles. The Hall–Kier alpha value is -3.66. The van der Waals surface area contributed by atoms with Crippen molar-refractivity contribution in [3.8, 4) is 23.0 Å². The number of ether oxygens (including phenoxy) is 4. The minimum absolute atomic E-state index is 0.439. The number of hydrogen-bond donors (Lipinski definition) is 0. The van der Waals surface area contributed by atoms with E-state index in [1.807, 2.05) is 94.5 Å². The van der Waals surface area contributed by atoms with Crippen LogP contribution in [0.5, 0.6) is 23.0 Å². The molecule has 0 saturated carbocycles. The summed E-state index contributed by atoms with van der Waals surface area (Å²) in [5, 5.41) is 0. The summed E-state index contributed by atoms with van der Waals surface area (Å²) in [5.41, 5.74) is 4.28. The Kier molecular flexibility index (Phi) is 9.65. The van der Waals surface area contributed by atoms with Crippen molar-refractivity contribution in [3.05, 3.63) is 95.1 Å². The topological polar surface area (TPSA) is 36.9 Å². The van der Waals surface area contributed by atoms with E-state index in [0.29, 0.717) is 26.4 Å². The van der Waals surface area contributed by atoms with Gasteiger partial charge in [0, 0.05) is 0 Å². The zero-order chi connectivity index (χ0) is 24.2. The highest BCUT2D eigenvalue weighted by molar-refractivity contribution is 5.56. The third kappa shape index (κ3) is 7.17. The highest BCUT2D eigenvalue weighted by Crippen LogP contribution is 2.31. The van der Waals surface area contributed by atoms with Crippen LogP contribution in [0.25, 0.3) is 12.2 Å². The first-order chi connectivity index (χ1) is 16.7. The van der Waals surface area contributed by atoms with Crippen LogP contribution in [0.1, 0.15) is 49.9 Å². The molecule has 0 atom stereocenters. The minimum atomic E-state index is 0.439.